The summed E-state index contributed by atoms with van der Waals surface area (Å²) in [5.74, 6) is 2.35. The monoisotopic (exact) mass is 158 g/mol. The Hall–Kier alpha value is -1.04. The van der Waals surface area contributed by atoms with Crippen LogP contribution >= 0.6 is 0 Å². The second-order valence-electron chi connectivity index (χ2n) is 2.13. The first-order chi connectivity index (χ1) is 5.13. The van der Waals surface area contributed by atoms with Crippen molar-refractivity contribution >= 4 is 5.97 Å². The van der Waals surface area contributed by atoms with E-state index < -0.39 is 18.1 Å². The quantitative estimate of drug-likeness (QED) is 0.631. The molecule has 0 aliphatic rings. The summed E-state index contributed by atoms with van der Waals surface area (Å²) in [5, 5.41) is 8.46. The Morgan fingerprint density at radius 2 is 2.27 bits per heavy atom. The van der Waals surface area contributed by atoms with Gasteiger partial charge in [-0.25, -0.2) is 4.39 Å². The van der Waals surface area contributed by atoms with Gasteiger partial charge in [-0.1, -0.05) is 12.8 Å². The Morgan fingerprint density at radius 3 is 2.55 bits per heavy atom. The first-order valence-electron chi connectivity index (χ1n) is 3.42. The second-order valence-corrected chi connectivity index (χ2v) is 2.13. The van der Waals surface area contributed by atoms with Crippen LogP contribution in [0.25, 0.3) is 0 Å². The molecule has 62 valence electrons. The highest BCUT2D eigenvalue weighted by atomic mass is 19.1. The maximum Gasteiger partial charge on any atom is 0.321 e. The predicted octanol–water partition coefficient (Wildman–Crippen LogP) is 1.46. The van der Waals surface area contributed by atoms with Crippen molar-refractivity contribution in [2.45, 2.75) is 26.4 Å². The number of alkyl halides is 1. The van der Waals surface area contributed by atoms with Crippen LogP contribution in [-0.2, 0) is 4.79 Å². The maximum absolute atomic E-state index is 12.8. The van der Waals surface area contributed by atoms with Crippen molar-refractivity contribution in [2.24, 2.45) is 5.92 Å². The zero-order valence-electron chi connectivity index (χ0n) is 6.60. The van der Waals surface area contributed by atoms with Crippen molar-refractivity contribution in [3.8, 4) is 11.8 Å². The Morgan fingerprint density at radius 1 is 1.73 bits per heavy atom. The van der Waals surface area contributed by atoms with Crippen LogP contribution in [0.4, 0.5) is 4.39 Å². The van der Waals surface area contributed by atoms with Crippen molar-refractivity contribution in [1.82, 2.24) is 0 Å². The molecule has 0 spiro atoms. The lowest BCUT2D eigenvalue weighted by Gasteiger charge is -2.07. The summed E-state index contributed by atoms with van der Waals surface area (Å²) in [6, 6.07) is 0. The van der Waals surface area contributed by atoms with Gasteiger partial charge in [0.05, 0.1) is 0 Å². The maximum atomic E-state index is 12.8. The summed E-state index contributed by atoms with van der Waals surface area (Å²) in [7, 11) is 0. The Kier molecular flexibility index (Phi) is 4.28. The third-order valence-electron chi connectivity index (χ3n) is 1.32. The first kappa shape index (κ1) is 9.96. The van der Waals surface area contributed by atoms with Gasteiger partial charge >= 0.3 is 5.97 Å². The molecule has 2 atom stereocenters. The summed E-state index contributed by atoms with van der Waals surface area (Å²) in [5.41, 5.74) is 0. The van der Waals surface area contributed by atoms with E-state index in [-0.39, 0.29) is 6.42 Å². The third kappa shape index (κ3) is 3.03. The molecule has 2 unspecified atom stereocenters. The van der Waals surface area contributed by atoms with Crippen LogP contribution in [0.2, 0.25) is 0 Å². The van der Waals surface area contributed by atoms with Crippen molar-refractivity contribution < 1.29 is 14.3 Å². The number of carboxylic acids is 1. The van der Waals surface area contributed by atoms with Gasteiger partial charge in [-0.05, 0) is 13.3 Å². The predicted molar refractivity (Wildman–Crippen MR) is 39.8 cm³/mol. The fraction of sp³-hybridized carbons (Fsp3) is 0.625. The van der Waals surface area contributed by atoms with Crippen LogP contribution in [0.3, 0.4) is 0 Å². The highest BCUT2D eigenvalue weighted by Gasteiger charge is 2.24. The summed E-state index contributed by atoms with van der Waals surface area (Å²) in [4.78, 5) is 10.3. The SMILES string of the molecule is CC#CC(C(=O)O)C(F)CC. The highest BCUT2D eigenvalue weighted by Crippen LogP contribution is 2.10. The minimum absolute atomic E-state index is 0.186. The lowest BCUT2D eigenvalue weighted by Crippen LogP contribution is -2.22. The normalized spacial score (nSPS) is 14.5. The molecule has 0 aliphatic heterocycles. The fourth-order valence-electron chi connectivity index (χ4n) is 0.698. The van der Waals surface area contributed by atoms with E-state index in [0.29, 0.717) is 0 Å². The zero-order valence-corrected chi connectivity index (χ0v) is 6.60. The molecule has 0 fully saturated rings. The summed E-state index contributed by atoms with van der Waals surface area (Å²) >= 11 is 0. The van der Waals surface area contributed by atoms with Crippen LogP contribution in [0.15, 0.2) is 0 Å². The van der Waals surface area contributed by atoms with Crippen LogP contribution in [0.1, 0.15) is 20.3 Å². The highest BCUT2D eigenvalue weighted by molar-refractivity contribution is 5.74. The van der Waals surface area contributed by atoms with E-state index in [1.807, 2.05) is 0 Å². The standard InChI is InChI=1S/C8H11FO2/c1-3-5-6(8(10)11)7(9)4-2/h6-7H,4H2,1-2H3,(H,10,11). The zero-order chi connectivity index (χ0) is 8.85. The van der Waals surface area contributed by atoms with Crippen LogP contribution in [-0.4, -0.2) is 17.2 Å². The molecule has 0 aromatic rings. The number of aliphatic carboxylic acids is 1. The van der Waals surface area contributed by atoms with Crippen molar-refractivity contribution in [2.75, 3.05) is 0 Å². The molecule has 0 aromatic heterocycles. The van der Waals surface area contributed by atoms with Gasteiger partial charge in [0.2, 0.25) is 0 Å². The van der Waals surface area contributed by atoms with Crippen LogP contribution in [0.5, 0.6) is 0 Å². The average molecular weight is 158 g/mol. The topological polar surface area (TPSA) is 37.3 Å². The number of hydrogen-bond acceptors (Lipinski definition) is 1. The molecule has 3 heteroatoms. The molecular weight excluding hydrogens is 147 g/mol. The third-order valence-corrected chi connectivity index (χ3v) is 1.32. The van der Waals surface area contributed by atoms with E-state index in [1.165, 1.54) is 6.92 Å². The largest absolute Gasteiger partial charge is 0.480 e. The number of halogens is 1. The molecule has 1 N–H and O–H groups in total. The Labute approximate surface area is 65.4 Å². The Balaban J connectivity index is 4.29. The molecule has 0 bridgehead atoms. The number of carbonyl (C=O) groups is 1. The van der Waals surface area contributed by atoms with Crippen molar-refractivity contribution in [3.05, 3.63) is 0 Å². The summed E-state index contributed by atoms with van der Waals surface area (Å²) in [6.45, 7) is 3.09. The summed E-state index contributed by atoms with van der Waals surface area (Å²) < 4.78 is 12.8. The molecule has 0 rings (SSSR count). The molecule has 0 aromatic carbocycles. The molecule has 11 heavy (non-hydrogen) atoms. The van der Waals surface area contributed by atoms with Gasteiger partial charge in [-0.3, -0.25) is 4.79 Å². The molecule has 0 radical (unpaired) electrons. The van der Waals surface area contributed by atoms with E-state index in [4.69, 9.17) is 5.11 Å². The number of carboxylic acid groups (broad SMARTS) is 1. The van der Waals surface area contributed by atoms with Gasteiger partial charge < -0.3 is 5.11 Å². The van der Waals surface area contributed by atoms with Crippen molar-refractivity contribution in [3.63, 3.8) is 0 Å². The smallest absolute Gasteiger partial charge is 0.321 e. The number of hydrogen-bond donors (Lipinski definition) is 1. The lowest BCUT2D eigenvalue weighted by atomic mass is 10.0. The second kappa shape index (κ2) is 4.73. The average Bonchev–Trinajstić information content (AvgIpc) is 1.98. The lowest BCUT2D eigenvalue weighted by molar-refractivity contribution is -0.141. The van der Waals surface area contributed by atoms with Gasteiger partial charge in [0.25, 0.3) is 0 Å². The van der Waals surface area contributed by atoms with E-state index in [1.54, 1.807) is 6.92 Å². The van der Waals surface area contributed by atoms with Gasteiger partial charge in [-0.2, -0.15) is 0 Å². The molecule has 0 aliphatic carbocycles. The minimum Gasteiger partial charge on any atom is -0.480 e. The fourth-order valence-corrected chi connectivity index (χ4v) is 0.698. The summed E-state index contributed by atoms with van der Waals surface area (Å²) in [6.07, 6.45) is -1.18. The van der Waals surface area contributed by atoms with Gasteiger partial charge in [0.1, 0.15) is 12.1 Å². The van der Waals surface area contributed by atoms with Gasteiger partial charge in [0, 0.05) is 0 Å². The first-order valence-corrected chi connectivity index (χ1v) is 3.42. The molecular formula is C8H11FO2. The van der Waals surface area contributed by atoms with E-state index in [2.05, 4.69) is 11.8 Å². The van der Waals surface area contributed by atoms with E-state index in [0.717, 1.165) is 0 Å². The minimum atomic E-state index is -1.36. The molecule has 0 saturated carbocycles. The van der Waals surface area contributed by atoms with Crippen LogP contribution in [0, 0.1) is 17.8 Å². The van der Waals surface area contributed by atoms with Gasteiger partial charge in [0.15, 0.2) is 0 Å². The van der Waals surface area contributed by atoms with Crippen molar-refractivity contribution in [1.29, 1.82) is 0 Å². The molecule has 0 amide bonds. The van der Waals surface area contributed by atoms with E-state index >= 15 is 0 Å². The Bertz CT molecular complexity index is 190. The molecule has 0 saturated heterocycles. The van der Waals surface area contributed by atoms with E-state index in [9.17, 15) is 9.18 Å². The molecule has 0 heterocycles. The molecule has 2 nitrogen and oxygen atoms in total. The number of rotatable bonds is 3. The van der Waals surface area contributed by atoms with Gasteiger partial charge in [-0.15, -0.1) is 5.92 Å². The van der Waals surface area contributed by atoms with Crippen LogP contribution < -0.4 is 0 Å².